The van der Waals surface area contributed by atoms with Crippen LogP contribution in [0.4, 0.5) is 0 Å². The second-order valence-electron chi connectivity index (χ2n) is 3.83. The molecule has 0 fully saturated rings. The number of benzene rings is 1. The molecule has 0 spiro atoms. The fraction of sp³-hybridized carbons (Fsp3) is 0.167. The molecule has 0 saturated heterocycles. The molecule has 1 aliphatic carbocycles. The summed E-state index contributed by atoms with van der Waals surface area (Å²) in [5, 5.41) is 0.0519. The molecule has 1 aromatic carbocycles. The van der Waals surface area contributed by atoms with Crippen LogP contribution in [0.15, 0.2) is 45.4 Å². The molecule has 0 bridgehead atoms. The van der Waals surface area contributed by atoms with Crippen molar-refractivity contribution in [2.24, 2.45) is 0 Å². The summed E-state index contributed by atoms with van der Waals surface area (Å²) in [5.41, 5.74) is 0.975. The normalized spacial score (nSPS) is 21.8. The van der Waals surface area contributed by atoms with E-state index in [0.717, 1.165) is 0 Å². The lowest BCUT2D eigenvalue weighted by molar-refractivity contribution is 0.892. The first kappa shape index (κ1) is 16.1. The van der Waals surface area contributed by atoms with Crippen molar-refractivity contribution in [3.8, 4) is 0 Å². The van der Waals surface area contributed by atoms with Crippen LogP contribution in [0.3, 0.4) is 0 Å². The first-order valence-electron chi connectivity index (χ1n) is 4.98. The van der Waals surface area contributed by atoms with Crippen molar-refractivity contribution in [2.45, 2.75) is 8.67 Å². The number of halogens is 7. The predicted molar refractivity (Wildman–Crippen MR) is 86.8 cm³/mol. The molecule has 0 amide bonds. The first-order chi connectivity index (χ1) is 8.71. The smallest absolute Gasteiger partial charge is 0.0924 e. The Labute approximate surface area is 145 Å². The number of hydrogen-bond acceptors (Lipinski definition) is 0. The summed E-state index contributed by atoms with van der Waals surface area (Å²) < 4.78 is -3.53. The lowest BCUT2D eigenvalue weighted by atomic mass is 9.95. The van der Waals surface area contributed by atoms with Crippen LogP contribution in [-0.2, 0) is 0 Å². The number of allylic oxidation sites excluding steroid dienone is 4. The maximum atomic E-state index is 6.30. The van der Waals surface area contributed by atoms with E-state index in [1.165, 1.54) is 0 Å². The Morgan fingerprint density at radius 1 is 0.684 bits per heavy atom. The number of alkyl halides is 4. The maximum Gasteiger partial charge on any atom is 0.191 e. The van der Waals surface area contributed by atoms with Gasteiger partial charge in [-0.25, -0.2) is 0 Å². The fourth-order valence-electron chi connectivity index (χ4n) is 1.69. The summed E-state index contributed by atoms with van der Waals surface area (Å²) in [6, 6.07) is 8.97. The van der Waals surface area contributed by atoms with Crippen LogP contribution in [-0.4, -0.2) is 8.67 Å². The monoisotopic (exact) mass is 394 g/mol. The van der Waals surface area contributed by atoms with Crippen molar-refractivity contribution in [2.75, 3.05) is 0 Å². The molecule has 0 unspecified atom stereocenters. The van der Waals surface area contributed by atoms with Crippen molar-refractivity contribution >= 4 is 86.8 Å². The lowest BCUT2D eigenvalue weighted by Gasteiger charge is -2.39. The SMILES string of the molecule is ClC1=C(Cl)C(Cl)(Cl)C(Cl)(Cl)C(c2ccccc2)=C1Cl. The van der Waals surface area contributed by atoms with Gasteiger partial charge in [-0.05, 0) is 5.56 Å². The highest BCUT2D eigenvalue weighted by Crippen LogP contribution is 2.61. The van der Waals surface area contributed by atoms with Crippen LogP contribution in [0, 0.1) is 0 Å². The van der Waals surface area contributed by atoms with Crippen molar-refractivity contribution in [1.82, 2.24) is 0 Å². The fourth-order valence-corrected chi connectivity index (χ4v) is 3.82. The van der Waals surface area contributed by atoms with Gasteiger partial charge >= 0.3 is 0 Å². The van der Waals surface area contributed by atoms with Crippen molar-refractivity contribution in [1.29, 1.82) is 0 Å². The zero-order valence-electron chi connectivity index (χ0n) is 9.03. The van der Waals surface area contributed by atoms with Gasteiger partial charge in [-0.1, -0.05) is 112 Å². The highest BCUT2D eigenvalue weighted by Gasteiger charge is 2.57. The van der Waals surface area contributed by atoms with Gasteiger partial charge in [0.25, 0.3) is 0 Å². The topological polar surface area (TPSA) is 0 Å². The molecule has 19 heavy (non-hydrogen) atoms. The molecule has 0 atom stereocenters. The number of rotatable bonds is 1. The zero-order valence-corrected chi connectivity index (χ0v) is 14.3. The Hall–Kier alpha value is 0.730. The first-order valence-corrected chi connectivity index (χ1v) is 7.63. The Morgan fingerprint density at radius 2 is 1.21 bits per heavy atom. The largest absolute Gasteiger partial charge is 0.191 e. The zero-order chi connectivity index (χ0) is 14.4. The standard InChI is InChI=1S/C12H5Cl7/c13-8-7(6-4-2-1-3-5-6)11(16,17)12(18,19)10(15)9(8)14/h1-5H. The van der Waals surface area contributed by atoms with Gasteiger partial charge in [0.15, 0.2) is 8.67 Å². The van der Waals surface area contributed by atoms with Gasteiger partial charge in [0.2, 0.25) is 0 Å². The van der Waals surface area contributed by atoms with E-state index in [2.05, 4.69) is 0 Å². The van der Waals surface area contributed by atoms with Crippen molar-refractivity contribution in [3.05, 3.63) is 51.0 Å². The number of hydrogen-bond donors (Lipinski definition) is 0. The van der Waals surface area contributed by atoms with E-state index in [1.807, 2.05) is 6.07 Å². The summed E-state index contributed by atoms with van der Waals surface area (Å²) in [6.45, 7) is 0. The van der Waals surface area contributed by atoms with E-state index in [0.29, 0.717) is 11.1 Å². The summed E-state index contributed by atoms with van der Waals surface area (Å²) >= 11 is 43.1. The average Bonchev–Trinajstić information content (AvgIpc) is 2.36. The third-order valence-electron chi connectivity index (χ3n) is 2.65. The molecule has 0 radical (unpaired) electrons. The van der Waals surface area contributed by atoms with Gasteiger partial charge in [-0.15, -0.1) is 0 Å². The third-order valence-corrected chi connectivity index (χ3v) is 6.54. The highest BCUT2D eigenvalue weighted by atomic mass is 35.5. The van der Waals surface area contributed by atoms with Crippen LogP contribution in [0.2, 0.25) is 0 Å². The molecule has 102 valence electrons. The summed E-state index contributed by atoms with van der Waals surface area (Å²) in [5.74, 6) is 0. The summed E-state index contributed by atoms with van der Waals surface area (Å²) in [7, 11) is 0. The van der Waals surface area contributed by atoms with E-state index >= 15 is 0 Å². The molecule has 0 nitrogen and oxygen atoms in total. The van der Waals surface area contributed by atoms with Gasteiger partial charge in [0.1, 0.15) is 0 Å². The van der Waals surface area contributed by atoms with Gasteiger partial charge in [-0.2, -0.15) is 0 Å². The molecule has 2 rings (SSSR count). The molecular weight excluding hydrogens is 392 g/mol. The molecule has 0 saturated carbocycles. The van der Waals surface area contributed by atoms with E-state index in [4.69, 9.17) is 81.2 Å². The van der Waals surface area contributed by atoms with E-state index in [1.54, 1.807) is 24.3 Å². The molecule has 0 heterocycles. The van der Waals surface area contributed by atoms with E-state index < -0.39 is 8.67 Å². The minimum Gasteiger partial charge on any atom is -0.0924 e. The maximum absolute atomic E-state index is 6.30. The van der Waals surface area contributed by atoms with Crippen molar-refractivity contribution in [3.63, 3.8) is 0 Å². The average molecular weight is 397 g/mol. The Kier molecular flexibility index (Phi) is 4.66. The highest BCUT2D eigenvalue weighted by molar-refractivity contribution is 6.72. The summed E-state index contributed by atoms with van der Waals surface area (Å²) in [6.07, 6.45) is 0. The second kappa shape index (κ2) is 5.50. The second-order valence-corrected chi connectivity index (χ2v) is 7.62. The van der Waals surface area contributed by atoms with Gasteiger partial charge in [0, 0.05) is 5.57 Å². The molecule has 7 heteroatoms. The molecule has 0 aliphatic heterocycles. The van der Waals surface area contributed by atoms with Crippen LogP contribution >= 0.6 is 81.2 Å². The Balaban J connectivity index is 2.77. The van der Waals surface area contributed by atoms with Crippen molar-refractivity contribution < 1.29 is 0 Å². The van der Waals surface area contributed by atoms with Gasteiger partial charge in [-0.3, -0.25) is 0 Å². The van der Waals surface area contributed by atoms with E-state index in [-0.39, 0.29) is 15.1 Å². The molecule has 0 N–H and O–H groups in total. The van der Waals surface area contributed by atoms with Gasteiger partial charge in [0.05, 0.1) is 15.1 Å². The Morgan fingerprint density at radius 3 is 1.74 bits per heavy atom. The van der Waals surface area contributed by atoms with Crippen LogP contribution < -0.4 is 0 Å². The molecule has 0 aromatic heterocycles. The minimum atomic E-state index is -1.79. The quantitative estimate of drug-likeness (QED) is 0.463. The molecular formula is C12H5Cl7. The lowest BCUT2D eigenvalue weighted by Crippen LogP contribution is -2.41. The third kappa shape index (κ3) is 2.51. The molecule has 1 aliphatic rings. The van der Waals surface area contributed by atoms with E-state index in [9.17, 15) is 0 Å². The summed E-state index contributed by atoms with van der Waals surface area (Å²) in [4.78, 5) is 0. The van der Waals surface area contributed by atoms with Crippen LogP contribution in [0.25, 0.3) is 5.57 Å². The molecule has 1 aromatic rings. The van der Waals surface area contributed by atoms with Crippen LogP contribution in [0.5, 0.6) is 0 Å². The predicted octanol–water partition coefficient (Wildman–Crippen LogP) is 6.69. The van der Waals surface area contributed by atoms with Crippen LogP contribution in [0.1, 0.15) is 5.56 Å². The van der Waals surface area contributed by atoms with Gasteiger partial charge < -0.3 is 0 Å². The Bertz CT molecular complexity index is 569. The minimum absolute atomic E-state index is 0.0316.